The highest BCUT2D eigenvalue weighted by Gasteiger charge is 2.31. The van der Waals surface area contributed by atoms with Crippen molar-refractivity contribution in [2.75, 3.05) is 6.54 Å². The van der Waals surface area contributed by atoms with E-state index >= 15 is 0 Å². The van der Waals surface area contributed by atoms with Crippen LogP contribution in [0.25, 0.3) is 0 Å². The van der Waals surface area contributed by atoms with E-state index in [4.69, 9.17) is 5.73 Å². The normalized spacial score (nSPS) is 15.8. The predicted molar refractivity (Wildman–Crippen MR) is 94.1 cm³/mol. The van der Waals surface area contributed by atoms with Crippen molar-refractivity contribution >= 4 is 18.3 Å². The molecule has 1 aromatic carbocycles. The predicted octanol–water partition coefficient (Wildman–Crippen LogP) is 3.31. The Kier molecular flexibility index (Phi) is 7.37. The van der Waals surface area contributed by atoms with Crippen LogP contribution in [0.3, 0.4) is 0 Å². The van der Waals surface area contributed by atoms with E-state index < -0.39 is 0 Å². The van der Waals surface area contributed by atoms with E-state index in [0.29, 0.717) is 12.5 Å². The topological polar surface area (TPSA) is 55.1 Å². The summed E-state index contributed by atoms with van der Waals surface area (Å²) in [5, 5.41) is 3.03. The zero-order valence-electron chi connectivity index (χ0n) is 13.7. The zero-order valence-corrected chi connectivity index (χ0v) is 14.5. The Morgan fingerprint density at radius 2 is 1.95 bits per heavy atom. The van der Waals surface area contributed by atoms with E-state index in [9.17, 15) is 4.79 Å². The summed E-state index contributed by atoms with van der Waals surface area (Å²) in [5.41, 5.74) is 7.05. The van der Waals surface area contributed by atoms with Gasteiger partial charge in [0, 0.05) is 18.0 Å². The average molecular weight is 325 g/mol. The standard InChI is InChI=1S/C18H28N2O.ClH/c1-18(2,12-6-9-14-7-4-3-5-8-14)17(21)20-13-16(19)15-10-11-15;/h3-5,7-8,15-16H,6,9-13,19H2,1-2H3,(H,20,21);1H. The molecule has 3 N–H and O–H groups in total. The first-order chi connectivity index (χ1) is 9.99. The second-order valence-corrected chi connectivity index (χ2v) is 6.93. The second-order valence-electron chi connectivity index (χ2n) is 6.93. The summed E-state index contributed by atoms with van der Waals surface area (Å²) in [6.07, 6.45) is 5.39. The van der Waals surface area contributed by atoms with Gasteiger partial charge in [-0.15, -0.1) is 12.4 Å². The van der Waals surface area contributed by atoms with Crippen LogP contribution >= 0.6 is 12.4 Å². The number of benzene rings is 1. The van der Waals surface area contributed by atoms with Crippen LogP contribution in [0.4, 0.5) is 0 Å². The zero-order chi connectivity index (χ0) is 15.3. The van der Waals surface area contributed by atoms with E-state index in [1.165, 1.54) is 18.4 Å². The quantitative estimate of drug-likeness (QED) is 0.770. The van der Waals surface area contributed by atoms with E-state index in [2.05, 4.69) is 29.6 Å². The van der Waals surface area contributed by atoms with Gasteiger partial charge in [-0.3, -0.25) is 4.79 Å². The first-order valence-electron chi connectivity index (χ1n) is 8.07. The van der Waals surface area contributed by atoms with Gasteiger partial charge in [-0.1, -0.05) is 44.2 Å². The van der Waals surface area contributed by atoms with Gasteiger partial charge in [-0.2, -0.15) is 0 Å². The van der Waals surface area contributed by atoms with Gasteiger partial charge < -0.3 is 11.1 Å². The van der Waals surface area contributed by atoms with Crippen molar-refractivity contribution in [2.45, 2.75) is 52.0 Å². The van der Waals surface area contributed by atoms with E-state index in [1.54, 1.807) is 0 Å². The number of carbonyl (C=O) groups excluding carboxylic acids is 1. The second kappa shape index (κ2) is 8.54. The van der Waals surface area contributed by atoms with Crippen molar-refractivity contribution in [3.63, 3.8) is 0 Å². The molecule has 0 bridgehead atoms. The molecule has 0 spiro atoms. The molecule has 0 radical (unpaired) electrons. The average Bonchev–Trinajstić information content (AvgIpc) is 3.30. The van der Waals surface area contributed by atoms with Crippen LogP contribution in [-0.2, 0) is 11.2 Å². The molecule has 1 aromatic rings. The fourth-order valence-corrected chi connectivity index (χ4v) is 2.63. The van der Waals surface area contributed by atoms with Crippen LogP contribution in [0, 0.1) is 11.3 Å². The van der Waals surface area contributed by atoms with Gasteiger partial charge in [0.25, 0.3) is 0 Å². The third kappa shape index (κ3) is 5.98. The van der Waals surface area contributed by atoms with E-state index in [0.717, 1.165) is 19.3 Å². The molecule has 124 valence electrons. The van der Waals surface area contributed by atoms with Gasteiger partial charge in [0.05, 0.1) is 0 Å². The molecule has 1 amide bonds. The number of hydrogen-bond donors (Lipinski definition) is 2. The largest absolute Gasteiger partial charge is 0.354 e. The Morgan fingerprint density at radius 1 is 1.32 bits per heavy atom. The Labute approximate surface area is 140 Å². The number of aryl methyl sites for hydroxylation is 1. The summed E-state index contributed by atoms with van der Waals surface area (Å²) in [7, 11) is 0. The van der Waals surface area contributed by atoms with E-state index in [-0.39, 0.29) is 29.8 Å². The summed E-state index contributed by atoms with van der Waals surface area (Å²) in [6.45, 7) is 4.66. The van der Waals surface area contributed by atoms with Crippen molar-refractivity contribution in [1.82, 2.24) is 5.32 Å². The lowest BCUT2D eigenvalue weighted by atomic mass is 9.85. The van der Waals surface area contributed by atoms with Gasteiger partial charge in [-0.25, -0.2) is 0 Å². The molecule has 1 aliphatic carbocycles. The SMILES string of the molecule is CC(C)(CCCc1ccccc1)C(=O)NCC(N)C1CC1.Cl. The first kappa shape index (κ1) is 19.0. The van der Waals surface area contributed by atoms with Gasteiger partial charge >= 0.3 is 0 Å². The minimum absolute atomic E-state index is 0. The molecule has 3 nitrogen and oxygen atoms in total. The van der Waals surface area contributed by atoms with Crippen molar-refractivity contribution in [3.05, 3.63) is 35.9 Å². The highest BCUT2D eigenvalue weighted by Crippen LogP contribution is 2.31. The van der Waals surface area contributed by atoms with Gasteiger partial charge in [0.2, 0.25) is 5.91 Å². The highest BCUT2D eigenvalue weighted by molar-refractivity contribution is 5.85. The molecular weight excluding hydrogens is 296 g/mol. The summed E-state index contributed by atoms with van der Waals surface area (Å²) >= 11 is 0. The molecule has 1 unspecified atom stereocenters. The van der Waals surface area contributed by atoms with Gasteiger partial charge in [0.1, 0.15) is 0 Å². The van der Waals surface area contributed by atoms with Gasteiger partial charge in [0.15, 0.2) is 0 Å². The fraction of sp³-hybridized carbons (Fsp3) is 0.611. The fourth-order valence-electron chi connectivity index (χ4n) is 2.63. The molecule has 1 saturated carbocycles. The number of carbonyl (C=O) groups is 1. The van der Waals surface area contributed by atoms with Crippen molar-refractivity contribution in [2.24, 2.45) is 17.1 Å². The number of amides is 1. The van der Waals surface area contributed by atoms with Crippen LogP contribution in [-0.4, -0.2) is 18.5 Å². The van der Waals surface area contributed by atoms with Crippen LogP contribution in [0.2, 0.25) is 0 Å². The number of nitrogens with two attached hydrogens (primary N) is 1. The molecule has 2 rings (SSSR count). The Morgan fingerprint density at radius 3 is 2.55 bits per heavy atom. The lowest BCUT2D eigenvalue weighted by molar-refractivity contribution is -0.129. The summed E-state index contributed by atoms with van der Waals surface area (Å²) < 4.78 is 0. The molecule has 1 aliphatic rings. The van der Waals surface area contributed by atoms with Crippen LogP contribution < -0.4 is 11.1 Å². The molecule has 22 heavy (non-hydrogen) atoms. The maximum absolute atomic E-state index is 12.3. The number of hydrogen-bond acceptors (Lipinski definition) is 2. The summed E-state index contributed by atoms with van der Waals surface area (Å²) in [4.78, 5) is 12.3. The maximum Gasteiger partial charge on any atom is 0.225 e. The molecule has 1 atom stereocenters. The highest BCUT2D eigenvalue weighted by atomic mass is 35.5. The maximum atomic E-state index is 12.3. The summed E-state index contributed by atoms with van der Waals surface area (Å²) in [5.74, 6) is 0.762. The van der Waals surface area contributed by atoms with Crippen LogP contribution in [0.5, 0.6) is 0 Å². The first-order valence-corrected chi connectivity index (χ1v) is 8.07. The number of halogens is 1. The minimum Gasteiger partial charge on any atom is -0.354 e. The minimum atomic E-state index is -0.321. The number of nitrogens with one attached hydrogen (secondary N) is 1. The van der Waals surface area contributed by atoms with Crippen LogP contribution in [0.15, 0.2) is 30.3 Å². The Balaban J connectivity index is 0.00000242. The smallest absolute Gasteiger partial charge is 0.225 e. The van der Waals surface area contributed by atoms with E-state index in [1.807, 2.05) is 19.9 Å². The molecular formula is C18H29ClN2O. The third-order valence-corrected chi connectivity index (χ3v) is 4.45. The molecule has 0 heterocycles. The Bertz CT molecular complexity index is 457. The molecule has 0 aromatic heterocycles. The molecule has 1 fully saturated rings. The van der Waals surface area contributed by atoms with Crippen molar-refractivity contribution < 1.29 is 4.79 Å². The van der Waals surface area contributed by atoms with Crippen molar-refractivity contribution in [3.8, 4) is 0 Å². The third-order valence-electron chi connectivity index (χ3n) is 4.45. The monoisotopic (exact) mass is 324 g/mol. The molecule has 0 aliphatic heterocycles. The van der Waals surface area contributed by atoms with Gasteiger partial charge in [-0.05, 0) is 43.6 Å². The number of rotatable bonds is 8. The Hall–Kier alpha value is -1.06. The van der Waals surface area contributed by atoms with Crippen LogP contribution in [0.1, 0.15) is 45.1 Å². The molecule has 0 saturated heterocycles. The molecule has 4 heteroatoms. The summed E-state index contributed by atoms with van der Waals surface area (Å²) in [6, 6.07) is 10.6. The van der Waals surface area contributed by atoms with Crippen molar-refractivity contribution in [1.29, 1.82) is 0 Å². The lowest BCUT2D eigenvalue weighted by Gasteiger charge is -2.24. The lowest BCUT2D eigenvalue weighted by Crippen LogP contribution is -2.44.